The Bertz CT molecular complexity index is 684. The Balaban J connectivity index is 1.48. The first-order valence-corrected chi connectivity index (χ1v) is 8.75. The van der Waals surface area contributed by atoms with Crippen molar-refractivity contribution < 1.29 is 9.90 Å². The normalized spacial score (nSPS) is 16.1. The number of carbonyl (C=O) groups is 1. The first-order valence-electron chi connectivity index (χ1n) is 8.75. The number of nitrogens with one attached hydrogen (secondary N) is 3. The van der Waals surface area contributed by atoms with Gasteiger partial charge >= 0.3 is 6.03 Å². The van der Waals surface area contributed by atoms with Crippen LogP contribution in [-0.2, 0) is 0 Å². The molecule has 1 fully saturated rings. The fourth-order valence-electron chi connectivity index (χ4n) is 2.63. The number of hydrogen-bond acceptors (Lipinski definition) is 3. The van der Waals surface area contributed by atoms with E-state index in [0.717, 1.165) is 29.7 Å². The van der Waals surface area contributed by atoms with Crippen LogP contribution in [0.25, 0.3) is 0 Å². The molecule has 2 atom stereocenters. The highest BCUT2D eigenvalue weighted by Crippen LogP contribution is 2.20. The van der Waals surface area contributed by atoms with Crippen LogP contribution in [0.2, 0.25) is 0 Å². The first kappa shape index (κ1) is 17.5. The average Bonchev–Trinajstić information content (AvgIpc) is 3.44. The number of amides is 2. The van der Waals surface area contributed by atoms with Gasteiger partial charge in [-0.1, -0.05) is 42.5 Å². The zero-order valence-corrected chi connectivity index (χ0v) is 14.4. The van der Waals surface area contributed by atoms with Crippen LogP contribution >= 0.6 is 0 Å². The predicted octanol–water partition coefficient (Wildman–Crippen LogP) is 3.35. The Morgan fingerprint density at radius 1 is 1.08 bits per heavy atom. The Morgan fingerprint density at radius 3 is 2.40 bits per heavy atom. The zero-order valence-electron chi connectivity index (χ0n) is 14.4. The van der Waals surface area contributed by atoms with Gasteiger partial charge < -0.3 is 21.1 Å². The SMILES string of the molecule is CC(NCC(O)c1ccccc1)c1ccc(NC(=O)NC2CC2)cc1. The lowest BCUT2D eigenvalue weighted by atomic mass is 10.1. The van der Waals surface area contributed by atoms with Crippen LogP contribution in [0.5, 0.6) is 0 Å². The minimum absolute atomic E-state index is 0.104. The number of carbonyl (C=O) groups excluding carboxylic acids is 1. The van der Waals surface area contributed by atoms with Crippen molar-refractivity contribution in [2.75, 3.05) is 11.9 Å². The van der Waals surface area contributed by atoms with Crippen molar-refractivity contribution in [1.82, 2.24) is 10.6 Å². The molecule has 1 saturated carbocycles. The number of aliphatic hydroxyl groups is 1. The molecule has 5 nitrogen and oxygen atoms in total. The summed E-state index contributed by atoms with van der Waals surface area (Å²) in [5.41, 5.74) is 2.79. The molecule has 0 bridgehead atoms. The van der Waals surface area contributed by atoms with E-state index in [0.29, 0.717) is 12.6 Å². The van der Waals surface area contributed by atoms with Crippen LogP contribution in [0.4, 0.5) is 10.5 Å². The average molecular weight is 339 g/mol. The van der Waals surface area contributed by atoms with E-state index in [4.69, 9.17) is 0 Å². The third-order valence-electron chi connectivity index (χ3n) is 4.38. The van der Waals surface area contributed by atoms with Crippen molar-refractivity contribution in [3.8, 4) is 0 Å². The highest BCUT2D eigenvalue weighted by molar-refractivity contribution is 5.89. The van der Waals surface area contributed by atoms with Crippen LogP contribution in [0.1, 0.15) is 43.0 Å². The third-order valence-corrected chi connectivity index (χ3v) is 4.38. The molecule has 0 spiro atoms. The van der Waals surface area contributed by atoms with E-state index in [1.54, 1.807) is 0 Å². The summed E-state index contributed by atoms with van der Waals surface area (Å²) >= 11 is 0. The lowest BCUT2D eigenvalue weighted by Crippen LogP contribution is -2.30. The van der Waals surface area contributed by atoms with Crippen molar-refractivity contribution in [2.24, 2.45) is 0 Å². The molecular formula is C20H25N3O2. The smallest absolute Gasteiger partial charge is 0.319 e. The van der Waals surface area contributed by atoms with E-state index in [1.807, 2.05) is 54.6 Å². The summed E-state index contributed by atoms with van der Waals surface area (Å²) in [6, 6.07) is 17.7. The highest BCUT2D eigenvalue weighted by Gasteiger charge is 2.23. The number of aliphatic hydroxyl groups excluding tert-OH is 1. The van der Waals surface area contributed by atoms with E-state index in [-0.39, 0.29) is 12.1 Å². The second-order valence-corrected chi connectivity index (χ2v) is 6.55. The molecule has 0 heterocycles. The van der Waals surface area contributed by atoms with Gasteiger partial charge in [-0.2, -0.15) is 0 Å². The van der Waals surface area contributed by atoms with Gasteiger partial charge in [-0.3, -0.25) is 0 Å². The van der Waals surface area contributed by atoms with Crippen molar-refractivity contribution >= 4 is 11.7 Å². The van der Waals surface area contributed by atoms with Gasteiger partial charge in [0.15, 0.2) is 0 Å². The number of urea groups is 1. The van der Waals surface area contributed by atoms with E-state index in [9.17, 15) is 9.90 Å². The minimum atomic E-state index is -0.532. The molecule has 4 N–H and O–H groups in total. The van der Waals surface area contributed by atoms with Gasteiger partial charge in [0.05, 0.1) is 6.10 Å². The maximum atomic E-state index is 11.7. The quantitative estimate of drug-likeness (QED) is 0.625. The number of rotatable bonds is 7. The summed E-state index contributed by atoms with van der Waals surface area (Å²) in [6.07, 6.45) is 1.62. The molecule has 0 aliphatic heterocycles. The lowest BCUT2D eigenvalue weighted by molar-refractivity contribution is 0.171. The summed E-state index contributed by atoms with van der Waals surface area (Å²) in [5.74, 6) is 0. The maximum Gasteiger partial charge on any atom is 0.319 e. The summed E-state index contributed by atoms with van der Waals surface area (Å²) in [4.78, 5) is 11.7. The number of anilines is 1. The summed E-state index contributed by atoms with van der Waals surface area (Å²) in [7, 11) is 0. The van der Waals surface area contributed by atoms with Crippen LogP contribution in [-0.4, -0.2) is 23.7 Å². The van der Waals surface area contributed by atoms with Crippen LogP contribution in [0, 0.1) is 0 Å². The van der Waals surface area contributed by atoms with Gasteiger partial charge in [0.1, 0.15) is 0 Å². The fraction of sp³-hybridized carbons (Fsp3) is 0.350. The lowest BCUT2D eigenvalue weighted by Gasteiger charge is -2.18. The molecule has 3 rings (SSSR count). The van der Waals surface area contributed by atoms with Crippen LogP contribution in [0.3, 0.4) is 0 Å². The minimum Gasteiger partial charge on any atom is -0.387 e. The Kier molecular flexibility index (Phi) is 5.68. The maximum absolute atomic E-state index is 11.7. The van der Waals surface area contributed by atoms with Crippen molar-refractivity contribution in [1.29, 1.82) is 0 Å². The Morgan fingerprint density at radius 2 is 1.76 bits per heavy atom. The van der Waals surface area contributed by atoms with E-state index in [1.165, 1.54) is 0 Å². The molecule has 2 aromatic rings. The van der Waals surface area contributed by atoms with Crippen LogP contribution in [0.15, 0.2) is 54.6 Å². The standard InChI is InChI=1S/C20H25N3O2/c1-14(21-13-19(24)16-5-3-2-4-6-16)15-7-9-17(10-8-15)22-20(25)23-18-11-12-18/h2-10,14,18-19,21,24H,11-13H2,1H3,(H2,22,23,25). The van der Waals surface area contributed by atoms with E-state index >= 15 is 0 Å². The van der Waals surface area contributed by atoms with Crippen molar-refractivity contribution in [3.05, 3.63) is 65.7 Å². The molecular weight excluding hydrogens is 314 g/mol. The second-order valence-electron chi connectivity index (χ2n) is 6.55. The molecule has 5 heteroatoms. The summed E-state index contributed by atoms with van der Waals surface area (Å²) in [6.45, 7) is 2.54. The molecule has 0 radical (unpaired) electrons. The fourth-order valence-corrected chi connectivity index (χ4v) is 2.63. The highest BCUT2D eigenvalue weighted by atomic mass is 16.3. The second kappa shape index (κ2) is 8.14. The number of benzene rings is 2. The van der Waals surface area contributed by atoms with Crippen molar-refractivity contribution in [3.63, 3.8) is 0 Å². The molecule has 1 aliphatic rings. The topological polar surface area (TPSA) is 73.4 Å². The Hall–Kier alpha value is -2.37. The van der Waals surface area contributed by atoms with Gasteiger partial charge in [0.25, 0.3) is 0 Å². The molecule has 0 saturated heterocycles. The van der Waals surface area contributed by atoms with Crippen LogP contribution < -0.4 is 16.0 Å². The largest absolute Gasteiger partial charge is 0.387 e. The van der Waals surface area contributed by atoms with Gasteiger partial charge in [-0.05, 0) is 43.0 Å². The third kappa shape index (κ3) is 5.31. The monoisotopic (exact) mass is 339 g/mol. The number of hydrogen-bond donors (Lipinski definition) is 4. The molecule has 1 aliphatic carbocycles. The zero-order chi connectivity index (χ0) is 17.6. The van der Waals surface area contributed by atoms with E-state index < -0.39 is 6.10 Å². The van der Waals surface area contributed by atoms with Gasteiger partial charge in [0, 0.05) is 24.3 Å². The van der Waals surface area contributed by atoms with Gasteiger partial charge in [-0.15, -0.1) is 0 Å². The molecule has 132 valence electrons. The molecule has 2 amide bonds. The first-order chi connectivity index (χ1) is 12.1. The van der Waals surface area contributed by atoms with Gasteiger partial charge in [-0.25, -0.2) is 4.79 Å². The molecule has 25 heavy (non-hydrogen) atoms. The van der Waals surface area contributed by atoms with E-state index in [2.05, 4.69) is 22.9 Å². The summed E-state index contributed by atoms with van der Waals surface area (Å²) in [5, 5.41) is 19.3. The van der Waals surface area contributed by atoms with Crippen molar-refractivity contribution in [2.45, 2.75) is 38.0 Å². The predicted molar refractivity (Wildman–Crippen MR) is 99.4 cm³/mol. The van der Waals surface area contributed by atoms with Gasteiger partial charge in [0.2, 0.25) is 0 Å². The Labute approximate surface area is 148 Å². The molecule has 2 aromatic carbocycles. The molecule has 0 aromatic heterocycles. The summed E-state index contributed by atoms with van der Waals surface area (Å²) < 4.78 is 0. The molecule has 2 unspecified atom stereocenters.